The summed E-state index contributed by atoms with van der Waals surface area (Å²) in [5.74, 6) is -0.959. The number of amides is 1. The molecule has 0 aromatic heterocycles. The third kappa shape index (κ3) is 3.20. The molecule has 0 saturated carbocycles. The fourth-order valence-electron chi connectivity index (χ4n) is 1.78. The van der Waals surface area contributed by atoms with Crippen molar-refractivity contribution in [2.24, 2.45) is 0 Å². The van der Waals surface area contributed by atoms with Crippen molar-refractivity contribution in [2.45, 2.75) is 45.3 Å². The summed E-state index contributed by atoms with van der Waals surface area (Å²) in [6, 6.07) is 0.198. The van der Waals surface area contributed by atoms with Gasteiger partial charge in [-0.1, -0.05) is 6.92 Å². The lowest BCUT2D eigenvalue weighted by atomic mass is 10.1. The van der Waals surface area contributed by atoms with Gasteiger partial charge in [0.05, 0.1) is 6.61 Å². The number of carbonyl (C=O) groups is 2. The van der Waals surface area contributed by atoms with Gasteiger partial charge in [0.15, 0.2) is 0 Å². The molecule has 0 aliphatic carbocycles. The molecule has 1 amide bonds. The topological polar surface area (TPSA) is 66.8 Å². The minimum atomic E-state index is -0.892. The van der Waals surface area contributed by atoms with Gasteiger partial charge in [-0.15, -0.1) is 0 Å². The molecule has 0 aromatic rings. The summed E-state index contributed by atoms with van der Waals surface area (Å²) in [7, 11) is 0. The molecule has 0 bridgehead atoms. The quantitative estimate of drug-likeness (QED) is 0.759. The Hall–Kier alpha value is -1.10. The summed E-state index contributed by atoms with van der Waals surface area (Å²) in [5.41, 5.74) is 0. The van der Waals surface area contributed by atoms with Crippen molar-refractivity contribution < 1.29 is 19.4 Å². The van der Waals surface area contributed by atoms with Crippen LogP contribution in [0.1, 0.15) is 33.1 Å². The van der Waals surface area contributed by atoms with Gasteiger partial charge in [-0.3, -0.25) is 9.59 Å². The van der Waals surface area contributed by atoms with Crippen LogP contribution in [0.5, 0.6) is 0 Å². The summed E-state index contributed by atoms with van der Waals surface area (Å²) in [4.78, 5) is 24.2. The third-order valence-electron chi connectivity index (χ3n) is 2.95. The van der Waals surface area contributed by atoms with Crippen LogP contribution in [-0.4, -0.2) is 47.2 Å². The number of morpholine rings is 1. The lowest BCUT2D eigenvalue weighted by Gasteiger charge is -2.36. The fourth-order valence-corrected chi connectivity index (χ4v) is 1.78. The molecule has 16 heavy (non-hydrogen) atoms. The van der Waals surface area contributed by atoms with Crippen LogP contribution in [0.4, 0.5) is 0 Å². The molecule has 1 aliphatic rings. The summed E-state index contributed by atoms with van der Waals surface area (Å²) in [6.07, 6.45) is 0.572. The van der Waals surface area contributed by atoms with E-state index in [2.05, 4.69) is 0 Å². The predicted molar refractivity (Wildman–Crippen MR) is 58.1 cm³/mol. The molecule has 2 atom stereocenters. The van der Waals surface area contributed by atoms with Gasteiger partial charge in [0.1, 0.15) is 6.10 Å². The average molecular weight is 229 g/mol. The Balaban J connectivity index is 2.53. The molecule has 1 fully saturated rings. The molecule has 1 saturated heterocycles. The molecular weight excluding hydrogens is 210 g/mol. The number of rotatable bonds is 5. The van der Waals surface area contributed by atoms with E-state index in [4.69, 9.17) is 9.84 Å². The second-order valence-corrected chi connectivity index (χ2v) is 4.08. The van der Waals surface area contributed by atoms with Crippen LogP contribution in [0.15, 0.2) is 0 Å². The maximum Gasteiger partial charge on any atom is 0.303 e. The largest absolute Gasteiger partial charge is 0.481 e. The van der Waals surface area contributed by atoms with Gasteiger partial charge < -0.3 is 14.7 Å². The summed E-state index contributed by atoms with van der Waals surface area (Å²) < 4.78 is 5.31. The van der Waals surface area contributed by atoms with Gasteiger partial charge in [0.2, 0.25) is 0 Å². The SMILES string of the molecule is CCC(C)N1CCOC(CCC(=O)O)C1=O. The average Bonchev–Trinajstić information content (AvgIpc) is 2.26. The highest BCUT2D eigenvalue weighted by Gasteiger charge is 2.31. The number of carboxylic acids is 1. The van der Waals surface area contributed by atoms with Gasteiger partial charge in [0, 0.05) is 19.0 Å². The molecule has 2 unspecified atom stereocenters. The van der Waals surface area contributed by atoms with Crippen molar-refractivity contribution in [3.63, 3.8) is 0 Å². The Morgan fingerprint density at radius 3 is 2.94 bits per heavy atom. The van der Waals surface area contributed by atoms with E-state index in [9.17, 15) is 9.59 Å². The Morgan fingerprint density at radius 2 is 2.38 bits per heavy atom. The van der Waals surface area contributed by atoms with Crippen LogP contribution >= 0.6 is 0 Å². The van der Waals surface area contributed by atoms with Crippen molar-refractivity contribution in [3.05, 3.63) is 0 Å². The van der Waals surface area contributed by atoms with Crippen molar-refractivity contribution in [1.82, 2.24) is 4.90 Å². The van der Waals surface area contributed by atoms with Crippen molar-refractivity contribution in [1.29, 1.82) is 0 Å². The van der Waals surface area contributed by atoms with E-state index in [1.807, 2.05) is 13.8 Å². The Morgan fingerprint density at radius 1 is 1.69 bits per heavy atom. The zero-order valence-corrected chi connectivity index (χ0v) is 9.81. The first-order chi connectivity index (χ1) is 7.56. The molecule has 0 spiro atoms. The standard InChI is InChI=1S/C11H19NO4/c1-3-8(2)12-6-7-16-9(11(12)15)4-5-10(13)14/h8-9H,3-7H2,1-2H3,(H,13,14). The number of hydrogen-bond acceptors (Lipinski definition) is 3. The normalized spacial score (nSPS) is 23.2. The predicted octanol–water partition coefficient (Wildman–Crippen LogP) is 0.877. The van der Waals surface area contributed by atoms with Crippen LogP contribution in [0, 0.1) is 0 Å². The van der Waals surface area contributed by atoms with Gasteiger partial charge in [-0.05, 0) is 19.8 Å². The summed E-state index contributed by atoms with van der Waals surface area (Å²) >= 11 is 0. The first-order valence-corrected chi connectivity index (χ1v) is 5.70. The van der Waals surface area contributed by atoms with E-state index in [0.717, 1.165) is 6.42 Å². The summed E-state index contributed by atoms with van der Waals surface area (Å²) in [5, 5.41) is 8.57. The Bertz CT molecular complexity index is 267. The van der Waals surface area contributed by atoms with Crippen LogP contribution in [0.3, 0.4) is 0 Å². The second-order valence-electron chi connectivity index (χ2n) is 4.08. The zero-order chi connectivity index (χ0) is 12.1. The van der Waals surface area contributed by atoms with E-state index < -0.39 is 12.1 Å². The molecule has 1 rings (SSSR count). The van der Waals surface area contributed by atoms with Gasteiger partial charge >= 0.3 is 5.97 Å². The van der Waals surface area contributed by atoms with Gasteiger partial charge in [-0.2, -0.15) is 0 Å². The van der Waals surface area contributed by atoms with E-state index in [1.165, 1.54) is 0 Å². The highest BCUT2D eigenvalue weighted by atomic mass is 16.5. The van der Waals surface area contributed by atoms with Crippen LogP contribution in [-0.2, 0) is 14.3 Å². The third-order valence-corrected chi connectivity index (χ3v) is 2.95. The molecule has 1 heterocycles. The number of nitrogens with zero attached hydrogens (tertiary/aromatic N) is 1. The number of ether oxygens (including phenoxy) is 1. The van der Waals surface area contributed by atoms with Gasteiger partial charge in [-0.25, -0.2) is 0 Å². The van der Waals surface area contributed by atoms with E-state index in [-0.39, 0.29) is 24.8 Å². The minimum absolute atomic E-state index is 0.0231. The van der Waals surface area contributed by atoms with E-state index >= 15 is 0 Å². The maximum atomic E-state index is 11.9. The van der Waals surface area contributed by atoms with Crippen molar-refractivity contribution in [3.8, 4) is 0 Å². The van der Waals surface area contributed by atoms with Crippen LogP contribution in [0.2, 0.25) is 0 Å². The summed E-state index contributed by atoms with van der Waals surface area (Å²) in [6.45, 7) is 5.13. The molecule has 5 heteroatoms. The number of carboxylic acid groups (broad SMARTS) is 1. The molecular formula is C11H19NO4. The Labute approximate surface area is 95.4 Å². The first-order valence-electron chi connectivity index (χ1n) is 5.70. The fraction of sp³-hybridized carbons (Fsp3) is 0.818. The lowest BCUT2D eigenvalue weighted by molar-refractivity contribution is -0.157. The first kappa shape index (κ1) is 13.0. The minimum Gasteiger partial charge on any atom is -0.481 e. The molecule has 5 nitrogen and oxygen atoms in total. The van der Waals surface area contributed by atoms with E-state index in [1.54, 1.807) is 4.90 Å². The highest BCUT2D eigenvalue weighted by molar-refractivity contribution is 5.82. The van der Waals surface area contributed by atoms with Crippen LogP contribution in [0.25, 0.3) is 0 Å². The molecule has 92 valence electrons. The van der Waals surface area contributed by atoms with Crippen molar-refractivity contribution in [2.75, 3.05) is 13.2 Å². The smallest absolute Gasteiger partial charge is 0.303 e. The Kier molecular flexibility index (Phi) is 4.73. The number of hydrogen-bond donors (Lipinski definition) is 1. The molecule has 1 N–H and O–H groups in total. The molecule has 1 aliphatic heterocycles. The second kappa shape index (κ2) is 5.84. The molecule has 0 aromatic carbocycles. The van der Waals surface area contributed by atoms with Crippen molar-refractivity contribution >= 4 is 11.9 Å². The lowest BCUT2D eigenvalue weighted by Crippen LogP contribution is -2.51. The monoisotopic (exact) mass is 229 g/mol. The number of aliphatic carboxylic acids is 1. The number of carbonyl (C=O) groups excluding carboxylic acids is 1. The highest BCUT2D eigenvalue weighted by Crippen LogP contribution is 2.16. The van der Waals surface area contributed by atoms with Gasteiger partial charge in [0.25, 0.3) is 5.91 Å². The van der Waals surface area contributed by atoms with E-state index in [0.29, 0.717) is 13.2 Å². The molecule has 0 radical (unpaired) electrons. The maximum absolute atomic E-state index is 11.9. The van der Waals surface area contributed by atoms with Crippen LogP contribution < -0.4 is 0 Å². The zero-order valence-electron chi connectivity index (χ0n) is 9.81.